The molecule has 0 spiro atoms. The normalized spacial score (nSPS) is 36.4. The van der Waals surface area contributed by atoms with Crippen LogP contribution in [0.25, 0.3) is 0 Å². The summed E-state index contributed by atoms with van der Waals surface area (Å²) in [6, 6.07) is -0.429. The van der Waals surface area contributed by atoms with Crippen molar-refractivity contribution in [1.82, 2.24) is 15.5 Å². The first-order valence-electron chi connectivity index (χ1n) is 8.95. The number of piperidine rings is 1. The quantitative estimate of drug-likeness (QED) is 0.632. The largest absolute Gasteiger partial charge is 0.342 e. The van der Waals surface area contributed by atoms with Crippen LogP contribution in [0.1, 0.15) is 52.4 Å². The topological polar surface area (TPSA) is 105 Å². The minimum absolute atomic E-state index is 0. The number of likely N-dealkylation sites (tertiary alicyclic amines) is 1. The lowest BCUT2D eigenvalue weighted by molar-refractivity contribution is -0.141. The summed E-state index contributed by atoms with van der Waals surface area (Å²) in [6.45, 7) is 5.00. The van der Waals surface area contributed by atoms with Gasteiger partial charge in [0.25, 0.3) is 5.91 Å². The van der Waals surface area contributed by atoms with Gasteiger partial charge in [-0.1, -0.05) is 12.8 Å². The molecule has 1 aliphatic carbocycles. The Morgan fingerprint density at radius 1 is 1.16 bits per heavy atom. The van der Waals surface area contributed by atoms with Crippen LogP contribution in [0.3, 0.4) is 0 Å². The lowest BCUT2D eigenvalue weighted by Gasteiger charge is -2.43. The van der Waals surface area contributed by atoms with Gasteiger partial charge in [-0.15, -0.1) is 12.4 Å². The standard InChI is InChI=1S/C17H28N4O3.ClH/c1-16(18)8-4-3-5-12(16)13(22)21-9-6-11(7-10-21)17(2)14(23)19-15(24)20-17;/h11-12H,3-10,18H2,1-2H3,(H2,19,20,23,24);1H. The second-order valence-electron chi connectivity index (χ2n) is 8.01. The first-order chi connectivity index (χ1) is 11.2. The maximum Gasteiger partial charge on any atom is 0.322 e. The molecule has 0 aromatic rings. The molecule has 7 nitrogen and oxygen atoms in total. The molecular weight excluding hydrogens is 344 g/mol. The first kappa shape index (κ1) is 20.0. The van der Waals surface area contributed by atoms with Crippen LogP contribution < -0.4 is 16.4 Å². The average Bonchev–Trinajstić information content (AvgIpc) is 2.80. The average molecular weight is 373 g/mol. The molecule has 8 heteroatoms. The minimum atomic E-state index is -0.862. The van der Waals surface area contributed by atoms with E-state index in [4.69, 9.17) is 5.73 Å². The summed E-state index contributed by atoms with van der Waals surface area (Å²) < 4.78 is 0. The predicted octanol–water partition coefficient (Wildman–Crippen LogP) is 1.15. The van der Waals surface area contributed by atoms with E-state index in [1.807, 2.05) is 11.8 Å². The summed E-state index contributed by atoms with van der Waals surface area (Å²) in [4.78, 5) is 38.3. The Hall–Kier alpha value is -1.34. The fraction of sp³-hybridized carbons (Fsp3) is 0.824. The number of amides is 4. The van der Waals surface area contributed by atoms with Gasteiger partial charge >= 0.3 is 6.03 Å². The molecule has 0 aromatic heterocycles. The lowest BCUT2D eigenvalue weighted by atomic mass is 9.73. The third kappa shape index (κ3) is 3.62. The van der Waals surface area contributed by atoms with E-state index in [0.29, 0.717) is 25.9 Å². The summed E-state index contributed by atoms with van der Waals surface area (Å²) in [5, 5.41) is 5.06. The fourth-order valence-electron chi connectivity index (χ4n) is 4.51. The summed E-state index contributed by atoms with van der Waals surface area (Å²) in [7, 11) is 0. The number of carbonyl (C=O) groups is 3. The summed E-state index contributed by atoms with van der Waals surface area (Å²) in [5.41, 5.74) is 5.08. The van der Waals surface area contributed by atoms with Gasteiger partial charge in [-0.3, -0.25) is 14.9 Å². The third-order valence-electron chi connectivity index (χ3n) is 6.25. The van der Waals surface area contributed by atoms with E-state index < -0.39 is 17.1 Å². The molecule has 3 atom stereocenters. The third-order valence-corrected chi connectivity index (χ3v) is 6.25. The molecule has 2 saturated heterocycles. The Morgan fingerprint density at radius 2 is 1.80 bits per heavy atom. The van der Waals surface area contributed by atoms with Crippen molar-refractivity contribution in [3.63, 3.8) is 0 Å². The molecule has 25 heavy (non-hydrogen) atoms. The maximum atomic E-state index is 12.9. The Kier molecular flexibility index (Phi) is 5.68. The van der Waals surface area contributed by atoms with Gasteiger partial charge in [0.2, 0.25) is 5.91 Å². The molecule has 3 aliphatic rings. The summed E-state index contributed by atoms with van der Waals surface area (Å²) >= 11 is 0. The molecule has 4 amide bonds. The summed E-state index contributed by atoms with van der Waals surface area (Å²) in [6.07, 6.45) is 5.33. The highest BCUT2D eigenvalue weighted by Gasteiger charge is 2.49. The molecule has 3 fully saturated rings. The van der Waals surface area contributed by atoms with E-state index in [0.717, 1.165) is 25.7 Å². The Labute approximate surface area is 154 Å². The van der Waals surface area contributed by atoms with Crippen molar-refractivity contribution < 1.29 is 14.4 Å². The molecule has 3 rings (SSSR count). The van der Waals surface area contributed by atoms with Crippen molar-refractivity contribution in [3.8, 4) is 0 Å². The van der Waals surface area contributed by atoms with Gasteiger partial charge in [0.05, 0.1) is 5.92 Å². The van der Waals surface area contributed by atoms with Crippen LogP contribution >= 0.6 is 12.4 Å². The smallest absolute Gasteiger partial charge is 0.322 e. The number of carbonyl (C=O) groups excluding carboxylic acids is 3. The SMILES string of the molecule is CC1(N)CCCCC1C(=O)N1CCC(C2(C)NC(=O)NC2=O)CC1.Cl. The number of rotatable bonds is 2. The highest BCUT2D eigenvalue weighted by Crippen LogP contribution is 2.35. The number of hydrogen-bond acceptors (Lipinski definition) is 4. The maximum absolute atomic E-state index is 12.9. The van der Waals surface area contributed by atoms with Gasteiger partial charge in [-0.05, 0) is 45.4 Å². The number of nitrogens with one attached hydrogen (secondary N) is 2. The molecule has 0 aromatic carbocycles. The molecule has 142 valence electrons. The molecule has 2 heterocycles. The number of nitrogens with zero attached hydrogens (tertiary/aromatic N) is 1. The van der Waals surface area contributed by atoms with Gasteiger partial charge in [-0.2, -0.15) is 0 Å². The van der Waals surface area contributed by atoms with E-state index >= 15 is 0 Å². The van der Waals surface area contributed by atoms with E-state index in [1.165, 1.54) is 0 Å². The highest BCUT2D eigenvalue weighted by molar-refractivity contribution is 6.07. The van der Waals surface area contributed by atoms with Gasteiger partial charge in [0.1, 0.15) is 5.54 Å². The second kappa shape index (κ2) is 7.11. The zero-order valence-corrected chi connectivity index (χ0v) is 15.8. The van der Waals surface area contributed by atoms with Crippen LogP contribution in [0.2, 0.25) is 0 Å². The van der Waals surface area contributed by atoms with Crippen molar-refractivity contribution in [3.05, 3.63) is 0 Å². The van der Waals surface area contributed by atoms with Gasteiger partial charge in [0, 0.05) is 18.6 Å². The molecule has 0 bridgehead atoms. The molecule has 3 unspecified atom stereocenters. The Bertz CT molecular complexity index is 560. The molecule has 0 radical (unpaired) electrons. The van der Waals surface area contributed by atoms with E-state index in [2.05, 4.69) is 10.6 Å². The molecular formula is C17H29ClN4O3. The number of nitrogens with two attached hydrogens (primary N) is 1. The molecule has 1 saturated carbocycles. The second-order valence-corrected chi connectivity index (χ2v) is 8.01. The molecule has 2 aliphatic heterocycles. The van der Waals surface area contributed by atoms with Crippen LogP contribution in [-0.4, -0.2) is 46.9 Å². The van der Waals surface area contributed by atoms with Gasteiger partial charge < -0.3 is 16.0 Å². The van der Waals surface area contributed by atoms with E-state index in [-0.39, 0.29) is 36.1 Å². The number of urea groups is 1. The zero-order valence-electron chi connectivity index (χ0n) is 15.0. The van der Waals surface area contributed by atoms with Crippen LogP contribution in [0.15, 0.2) is 0 Å². The first-order valence-corrected chi connectivity index (χ1v) is 8.95. The zero-order chi connectivity index (χ0) is 17.5. The van der Waals surface area contributed by atoms with Crippen LogP contribution in [-0.2, 0) is 9.59 Å². The Balaban J connectivity index is 0.00000225. The van der Waals surface area contributed by atoms with Crippen molar-refractivity contribution >= 4 is 30.3 Å². The van der Waals surface area contributed by atoms with E-state index in [9.17, 15) is 14.4 Å². The van der Waals surface area contributed by atoms with Crippen molar-refractivity contribution in [1.29, 1.82) is 0 Å². The van der Waals surface area contributed by atoms with E-state index in [1.54, 1.807) is 6.92 Å². The van der Waals surface area contributed by atoms with Crippen LogP contribution in [0, 0.1) is 11.8 Å². The van der Waals surface area contributed by atoms with Crippen molar-refractivity contribution in [2.24, 2.45) is 17.6 Å². The lowest BCUT2D eigenvalue weighted by Crippen LogP contribution is -2.57. The summed E-state index contributed by atoms with van der Waals surface area (Å²) in [5.74, 6) is -0.168. The fourth-order valence-corrected chi connectivity index (χ4v) is 4.51. The van der Waals surface area contributed by atoms with Gasteiger partial charge in [-0.25, -0.2) is 4.79 Å². The minimum Gasteiger partial charge on any atom is -0.342 e. The Morgan fingerprint density at radius 3 is 2.32 bits per heavy atom. The van der Waals surface area contributed by atoms with Crippen molar-refractivity contribution in [2.75, 3.05) is 13.1 Å². The van der Waals surface area contributed by atoms with Gasteiger partial charge in [0.15, 0.2) is 0 Å². The van der Waals surface area contributed by atoms with Crippen LogP contribution in [0.4, 0.5) is 4.79 Å². The monoisotopic (exact) mass is 372 g/mol. The molecule has 4 N–H and O–H groups in total. The van der Waals surface area contributed by atoms with Crippen LogP contribution in [0.5, 0.6) is 0 Å². The number of imide groups is 1. The predicted molar refractivity (Wildman–Crippen MR) is 96.2 cm³/mol. The highest BCUT2D eigenvalue weighted by atomic mass is 35.5. The van der Waals surface area contributed by atoms with Crippen molar-refractivity contribution in [2.45, 2.75) is 63.5 Å². The number of hydrogen-bond donors (Lipinski definition) is 3. The number of halogens is 1.